The van der Waals surface area contributed by atoms with E-state index in [0.717, 1.165) is 34.0 Å². The Balaban J connectivity index is 1.28. The summed E-state index contributed by atoms with van der Waals surface area (Å²) >= 11 is 0. The lowest BCUT2D eigenvalue weighted by Gasteiger charge is -2.11. The summed E-state index contributed by atoms with van der Waals surface area (Å²) in [5, 5.41) is 7.93. The van der Waals surface area contributed by atoms with E-state index in [-0.39, 0.29) is 12.8 Å². The van der Waals surface area contributed by atoms with Crippen LogP contribution in [-0.2, 0) is 30.0 Å². The van der Waals surface area contributed by atoms with Gasteiger partial charge in [-0.2, -0.15) is 26.3 Å². The highest BCUT2D eigenvalue weighted by molar-refractivity contribution is 5.80. The van der Waals surface area contributed by atoms with E-state index in [2.05, 4.69) is 10.2 Å². The number of hydrogen-bond acceptors (Lipinski definition) is 5. The zero-order valence-electron chi connectivity index (χ0n) is 19.5. The fraction of sp³-hybridized carbons (Fsp3) is 0.240. The molecule has 0 saturated heterocycles. The highest BCUT2D eigenvalue weighted by Gasteiger charge is 2.30. The molecule has 4 aromatic rings. The van der Waals surface area contributed by atoms with Gasteiger partial charge in [0.2, 0.25) is 5.78 Å². The fourth-order valence-corrected chi connectivity index (χ4v) is 3.47. The number of aromatic nitrogens is 4. The smallest absolute Gasteiger partial charge is 0.388 e. The van der Waals surface area contributed by atoms with Gasteiger partial charge in [-0.25, -0.2) is 0 Å². The van der Waals surface area contributed by atoms with Gasteiger partial charge in [0, 0.05) is 12.8 Å². The topological polar surface area (TPSA) is 71.2 Å². The van der Waals surface area contributed by atoms with Gasteiger partial charge in [0.1, 0.15) is 0 Å². The Bertz CT molecular complexity index is 1260. The molecule has 13 heteroatoms. The molecule has 0 aliphatic carbocycles. The van der Waals surface area contributed by atoms with E-state index in [4.69, 9.17) is 9.68 Å². The Morgan fingerprint density at radius 3 is 1.34 bits per heavy atom. The van der Waals surface area contributed by atoms with E-state index < -0.39 is 42.5 Å². The molecule has 0 bridgehead atoms. The standard InChI is InChI=1S/C25H20F6N4O3/c26-24(27,28)19-5-1-17(2-6-19)13-21-9-11-32-34(21)37-15-23(36)16-38-35-22(10-12-33-35)14-18-3-7-20(8-4-18)25(29,30)31/h1-12H,13-16H2. The second-order valence-corrected chi connectivity index (χ2v) is 8.22. The number of carbonyl (C=O) groups is 1. The number of benzene rings is 2. The first-order chi connectivity index (χ1) is 18.0. The molecular weight excluding hydrogens is 518 g/mol. The molecule has 0 aliphatic heterocycles. The maximum absolute atomic E-state index is 12.7. The van der Waals surface area contributed by atoms with Crippen LogP contribution in [0.5, 0.6) is 0 Å². The third-order valence-electron chi connectivity index (χ3n) is 5.40. The SMILES string of the molecule is O=C(COn1nccc1Cc1ccc(C(F)(F)F)cc1)COn1nccc1Cc1ccc(C(F)(F)F)cc1. The van der Waals surface area contributed by atoms with Crippen LogP contribution < -0.4 is 9.68 Å². The molecule has 0 saturated carbocycles. The van der Waals surface area contributed by atoms with E-state index in [1.54, 1.807) is 12.1 Å². The van der Waals surface area contributed by atoms with Crippen molar-refractivity contribution >= 4 is 5.78 Å². The van der Waals surface area contributed by atoms with Crippen LogP contribution in [0.15, 0.2) is 73.1 Å². The molecule has 0 radical (unpaired) electrons. The van der Waals surface area contributed by atoms with Crippen LogP contribution in [0.2, 0.25) is 0 Å². The fourth-order valence-electron chi connectivity index (χ4n) is 3.47. The molecule has 2 aromatic heterocycles. The lowest BCUT2D eigenvalue weighted by Crippen LogP contribution is -2.29. The zero-order valence-corrected chi connectivity index (χ0v) is 19.5. The van der Waals surface area contributed by atoms with Gasteiger partial charge < -0.3 is 9.68 Å². The molecule has 0 amide bonds. The average Bonchev–Trinajstić information content (AvgIpc) is 3.50. The van der Waals surface area contributed by atoms with Crippen LogP contribution in [0.1, 0.15) is 33.6 Å². The first-order valence-corrected chi connectivity index (χ1v) is 11.2. The van der Waals surface area contributed by atoms with E-state index in [0.29, 0.717) is 22.5 Å². The summed E-state index contributed by atoms with van der Waals surface area (Å²) in [5.74, 6) is -0.461. The molecule has 0 fully saturated rings. The largest absolute Gasteiger partial charge is 0.416 e. The summed E-state index contributed by atoms with van der Waals surface area (Å²) in [5.41, 5.74) is 0.718. The predicted molar refractivity (Wildman–Crippen MR) is 121 cm³/mol. The minimum Gasteiger partial charge on any atom is -0.388 e. The third-order valence-corrected chi connectivity index (χ3v) is 5.40. The lowest BCUT2D eigenvalue weighted by atomic mass is 10.1. The van der Waals surface area contributed by atoms with Gasteiger partial charge in [-0.3, -0.25) is 4.79 Å². The van der Waals surface area contributed by atoms with E-state index in [9.17, 15) is 31.1 Å². The van der Waals surface area contributed by atoms with E-state index in [1.165, 1.54) is 36.7 Å². The quantitative estimate of drug-likeness (QED) is 0.280. The summed E-state index contributed by atoms with van der Waals surface area (Å²) in [7, 11) is 0. The predicted octanol–water partition coefficient (Wildman–Crippen LogP) is 4.43. The van der Waals surface area contributed by atoms with Crippen molar-refractivity contribution in [1.82, 2.24) is 19.9 Å². The molecule has 0 atom stereocenters. The van der Waals surface area contributed by atoms with Crippen LogP contribution in [0.3, 0.4) is 0 Å². The second kappa shape index (κ2) is 11.0. The van der Waals surface area contributed by atoms with Gasteiger partial charge in [-0.05, 0) is 47.5 Å². The summed E-state index contributed by atoms with van der Waals surface area (Å²) in [6, 6.07) is 12.6. The van der Waals surface area contributed by atoms with E-state index in [1.807, 2.05) is 0 Å². The van der Waals surface area contributed by atoms with Gasteiger partial charge >= 0.3 is 12.4 Å². The molecule has 2 heterocycles. The number of nitrogens with zero attached hydrogens (tertiary/aromatic N) is 4. The highest BCUT2D eigenvalue weighted by atomic mass is 19.4. The Labute approximate surface area is 212 Å². The van der Waals surface area contributed by atoms with Crippen molar-refractivity contribution in [2.75, 3.05) is 13.2 Å². The number of ketones is 1. The van der Waals surface area contributed by atoms with Crippen molar-refractivity contribution in [1.29, 1.82) is 0 Å². The Kier molecular flexibility index (Phi) is 7.74. The highest BCUT2D eigenvalue weighted by Crippen LogP contribution is 2.30. The Hall–Kier alpha value is -4.29. The van der Waals surface area contributed by atoms with Crippen molar-refractivity contribution < 1.29 is 40.8 Å². The van der Waals surface area contributed by atoms with Gasteiger partial charge in [0.25, 0.3) is 0 Å². The van der Waals surface area contributed by atoms with Crippen molar-refractivity contribution in [3.63, 3.8) is 0 Å². The van der Waals surface area contributed by atoms with Crippen molar-refractivity contribution in [3.05, 3.63) is 107 Å². The first kappa shape index (κ1) is 26.8. The molecule has 38 heavy (non-hydrogen) atoms. The number of carbonyl (C=O) groups excluding carboxylic acids is 1. The number of alkyl halides is 6. The van der Waals surface area contributed by atoms with Gasteiger partial charge in [-0.1, -0.05) is 24.3 Å². The molecule has 0 unspecified atom stereocenters. The summed E-state index contributed by atoms with van der Waals surface area (Å²) in [6.45, 7) is -0.811. The molecule has 0 N–H and O–H groups in total. The number of halogens is 6. The molecular formula is C25H20F6N4O3. The molecule has 7 nitrogen and oxygen atoms in total. The van der Waals surface area contributed by atoms with E-state index >= 15 is 0 Å². The van der Waals surface area contributed by atoms with Crippen molar-refractivity contribution in [2.24, 2.45) is 0 Å². The molecule has 0 aliphatic rings. The van der Waals surface area contributed by atoms with Gasteiger partial charge in [0.05, 0.1) is 34.9 Å². The molecule has 4 rings (SSSR count). The molecule has 2 aromatic carbocycles. The van der Waals surface area contributed by atoms with Gasteiger partial charge in [0.15, 0.2) is 13.2 Å². The monoisotopic (exact) mass is 538 g/mol. The summed E-state index contributed by atoms with van der Waals surface area (Å²) in [4.78, 5) is 25.3. The summed E-state index contributed by atoms with van der Waals surface area (Å²) in [6.07, 6.45) is -5.54. The lowest BCUT2D eigenvalue weighted by molar-refractivity contribution is -0.138. The van der Waals surface area contributed by atoms with Gasteiger partial charge in [-0.15, -0.1) is 19.9 Å². The van der Waals surface area contributed by atoms with Crippen LogP contribution in [-0.4, -0.2) is 38.9 Å². The number of rotatable bonds is 10. The van der Waals surface area contributed by atoms with Crippen LogP contribution in [0.25, 0.3) is 0 Å². The van der Waals surface area contributed by atoms with Crippen molar-refractivity contribution in [2.45, 2.75) is 25.2 Å². The maximum atomic E-state index is 12.7. The Morgan fingerprint density at radius 1 is 0.632 bits per heavy atom. The normalized spacial score (nSPS) is 11.9. The summed E-state index contributed by atoms with van der Waals surface area (Å²) < 4.78 is 76.5. The first-order valence-electron chi connectivity index (χ1n) is 11.2. The maximum Gasteiger partial charge on any atom is 0.416 e. The van der Waals surface area contributed by atoms with Crippen LogP contribution in [0.4, 0.5) is 26.3 Å². The minimum absolute atomic E-state index is 0.226. The Morgan fingerprint density at radius 2 is 1.00 bits per heavy atom. The molecule has 200 valence electrons. The zero-order chi connectivity index (χ0) is 27.3. The van der Waals surface area contributed by atoms with Crippen LogP contribution in [0, 0.1) is 0 Å². The number of Topliss-reactive ketones (excluding diaryl/α,β-unsaturated/α-hetero) is 1. The number of hydrogen-bond donors (Lipinski definition) is 0. The average molecular weight is 538 g/mol. The van der Waals surface area contributed by atoms with Crippen molar-refractivity contribution in [3.8, 4) is 0 Å². The third kappa shape index (κ3) is 6.93. The minimum atomic E-state index is -4.43. The molecule has 0 spiro atoms. The second-order valence-electron chi connectivity index (χ2n) is 8.22. The van der Waals surface area contributed by atoms with Crippen LogP contribution >= 0.6 is 0 Å².